The topological polar surface area (TPSA) is 113 Å². The first-order valence-corrected chi connectivity index (χ1v) is 9.15. The van der Waals surface area contributed by atoms with Gasteiger partial charge in [0.25, 0.3) is 10.1 Å². The summed E-state index contributed by atoms with van der Waals surface area (Å²) in [6.07, 6.45) is 4.32. The Hall–Kier alpha value is -0.730. The van der Waals surface area contributed by atoms with Gasteiger partial charge in [-0.15, -0.1) is 0 Å². The van der Waals surface area contributed by atoms with E-state index in [9.17, 15) is 18.5 Å². The fraction of sp³-hybridized carbons (Fsp3) is 1.00. The van der Waals surface area contributed by atoms with Crippen LogP contribution in [0, 0.1) is 16.0 Å². The molecule has 0 heterocycles. The van der Waals surface area contributed by atoms with Crippen molar-refractivity contribution in [3.05, 3.63) is 10.1 Å². The molecule has 0 aliphatic heterocycles. The van der Waals surface area contributed by atoms with Crippen molar-refractivity contribution in [3.8, 4) is 0 Å². The van der Waals surface area contributed by atoms with Crippen LogP contribution in [0.4, 0.5) is 0 Å². The minimum Gasteiger partial charge on any atom is -0.330 e. The molecule has 2 aliphatic carbocycles. The molecule has 0 saturated heterocycles. The van der Waals surface area contributed by atoms with Crippen molar-refractivity contribution in [2.45, 2.75) is 68.8 Å². The number of rotatable bonds is 5. The normalized spacial score (nSPS) is 34.5. The van der Waals surface area contributed by atoms with Crippen molar-refractivity contribution < 1.29 is 17.5 Å². The van der Waals surface area contributed by atoms with E-state index in [1.807, 2.05) is 0 Å². The molecular weight excluding hydrogens is 296 g/mol. The van der Waals surface area contributed by atoms with Crippen LogP contribution in [0.25, 0.3) is 0 Å². The minimum atomic E-state index is -3.61. The molecule has 0 bridgehead atoms. The van der Waals surface area contributed by atoms with Crippen molar-refractivity contribution in [3.63, 3.8) is 0 Å². The molecule has 0 amide bonds. The standard InChI is InChI=1S/C13H24N2O5S/c14-9-10-1-5-12(6-2-10)20-21(18,19)13-7-3-11(4-8-13)15(16)17/h10-13H,1-9,14H2. The number of hydrogen-bond acceptors (Lipinski definition) is 6. The fourth-order valence-electron chi connectivity index (χ4n) is 3.28. The third kappa shape index (κ3) is 4.37. The fourth-order valence-corrected chi connectivity index (χ4v) is 4.86. The van der Waals surface area contributed by atoms with Crippen LogP contribution in [0.2, 0.25) is 0 Å². The summed E-state index contributed by atoms with van der Waals surface area (Å²) in [5.41, 5.74) is 5.62. The van der Waals surface area contributed by atoms with Crippen molar-refractivity contribution in [1.29, 1.82) is 0 Å². The van der Waals surface area contributed by atoms with E-state index < -0.39 is 21.4 Å². The number of nitro groups is 1. The second-order valence-electron chi connectivity index (χ2n) is 6.18. The molecule has 0 aromatic heterocycles. The molecule has 7 nitrogen and oxygen atoms in total. The summed E-state index contributed by atoms with van der Waals surface area (Å²) < 4.78 is 29.9. The van der Waals surface area contributed by atoms with E-state index in [-0.39, 0.29) is 11.0 Å². The third-order valence-corrected chi connectivity index (χ3v) is 6.58. The highest BCUT2D eigenvalue weighted by Crippen LogP contribution is 2.31. The number of hydrogen-bond donors (Lipinski definition) is 1. The molecular formula is C13H24N2O5S. The first-order chi connectivity index (χ1) is 9.92. The van der Waals surface area contributed by atoms with Gasteiger partial charge in [0.1, 0.15) is 0 Å². The molecule has 0 radical (unpaired) electrons. The summed E-state index contributed by atoms with van der Waals surface area (Å²) >= 11 is 0. The van der Waals surface area contributed by atoms with E-state index in [4.69, 9.17) is 9.92 Å². The van der Waals surface area contributed by atoms with Gasteiger partial charge in [0, 0.05) is 17.8 Å². The highest BCUT2D eigenvalue weighted by molar-refractivity contribution is 7.87. The average Bonchev–Trinajstić information content (AvgIpc) is 2.48. The van der Waals surface area contributed by atoms with Gasteiger partial charge in [0.05, 0.1) is 11.4 Å². The van der Waals surface area contributed by atoms with Crippen molar-refractivity contribution in [2.75, 3.05) is 6.54 Å². The molecule has 0 aromatic carbocycles. The van der Waals surface area contributed by atoms with Gasteiger partial charge in [-0.05, 0) is 51.0 Å². The Morgan fingerprint density at radius 1 is 1.05 bits per heavy atom. The molecule has 0 spiro atoms. The molecule has 0 unspecified atom stereocenters. The van der Waals surface area contributed by atoms with Crippen LogP contribution in [-0.4, -0.2) is 37.3 Å². The maximum atomic E-state index is 12.3. The summed E-state index contributed by atoms with van der Waals surface area (Å²) in [7, 11) is -3.61. The molecule has 2 aliphatic rings. The molecule has 2 fully saturated rings. The zero-order valence-corrected chi connectivity index (χ0v) is 13.0. The van der Waals surface area contributed by atoms with Crippen LogP contribution >= 0.6 is 0 Å². The van der Waals surface area contributed by atoms with Crippen molar-refractivity contribution in [2.24, 2.45) is 11.7 Å². The largest absolute Gasteiger partial charge is 0.330 e. The average molecular weight is 320 g/mol. The minimum absolute atomic E-state index is 0.244. The third-order valence-electron chi connectivity index (χ3n) is 4.75. The molecule has 2 N–H and O–H groups in total. The zero-order valence-electron chi connectivity index (χ0n) is 12.1. The maximum absolute atomic E-state index is 12.3. The van der Waals surface area contributed by atoms with Gasteiger partial charge in [-0.2, -0.15) is 8.42 Å². The van der Waals surface area contributed by atoms with Crippen LogP contribution in [0.3, 0.4) is 0 Å². The van der Waals surface area contributed by atoms with Crippen LogP contribution in [-0.2, 0) is 14.3 Å². The Balaban J connectivity index is 1.84. The van der Waals surface area contributed by atoms with E-state index in [1.165, 1.54) is 0 Å². The first kappa shape index (κ1) is 16.6. The molecule has 21 heavy (non-hydrogen) atoms. The van der Waals surface area contributed by atoms with Crippen LogP contribution in [0.1, 0.15) is 51.4 Å². The summed E-state index contributed by atoms with van der Waals surface area (Å²) in [5, 5.41) is 10.1. The lowest BCUT2D eigenvalue weighted by atomic mass is 9.88. The highest BCUT2D eigenvalue weighted by atomic mass is 32.2. The second-order valence-corrected chi connectivity index (χ2v) is 8.03. The van der Waals surface area contributed by atoms with E-state index in [2.05, 4.69) is 0 Å². The van der Waals surface area contributed by atoms with Gasteiger partial charge in [-0.25, -0.2) is 0 Å². The zero-order chi connectivity index (χ0) is 15.5. The maximum Gasteiger partial charge on any atom is 0.270 e. The SMILES string of the molecule is NCC1CCC(OS(=O)(=O)C2CCC([N+](=O)[O-])CC2)CC1. The lowest BCUT2D eigenvalue weighted by molar-refractivity contribution is -0.526. The predicted octanol–water partition coefficient (Wildman–Crippen LogP) is 1.44. The molecule has 0 aromatic rings. The summed E-state index contributed by atoms with van der Waals surface area (Å²) in [6.45, 7) is 0.643. The Morgan fingerprint density at radius 2 is 1.62 bits per heavy atom. The molecule has 2 saturated carbocycles. The predicted molar refractivity (Wildman–Crippen MR) is 77.8 cm³/mol. The van der Waals surface area contributed by atoms with Crippen molar-refractivity contribution >= 4 is 10.1 Å². The monoisotopic (exact) mass is 320 g/mol. The lowest BCUT2D eigenvalue weighted by Crippen LogP contribution is -2.36. The van der Waals surface area contributed by atoms with E-state index >= 15 is 0 Å². The summed E-state index contributed by atoms with van der Waals surface area (Å²) in [4.78, 5) is 10.4. The number of nitrogens with two attached hydrogens (primary N) is 1. The summed E-state index contributed by atoms with van der Waals surface area (Å²) in [5.74, 6) is 0.475. The van der Waals surface area contributed by atoms with Gasteiger partial charge in [0.2, 0.25) is 6.04 Å². The van der Waals surface area contributed by atoms with Gasteiger partial charge in [-0.3, -0.25) is 14.3 Å². The smallest absolute Gasteiger partial charge is 0.270 e. The number of nitrogens with zero attached hydrogens (tertiary/aromatic N) is 1. The second kappa shape index (κ2) is 7.02. The van der Waals surface area contributed by atoms with Gasteiger partial charge >= 0.3 is 0 Å². The Labute approximate surface area is 125 Å². The van der Waals surface area contributed by atoms with E-state index in [0.717, 1.165) is 25.7 Å². The van der Waals surface area contributed by atoms with E-state index in [0.29, 0.717) is 38.1 Å². The van der Waals surface area contributed by atoms with Crippen molar-refractivity contribution in [1.82, 2.24) is 0 Å². The van der Waals surface area contributed by atoms with Crippen LogP contribution in [0.5, 0.6) is 0 Å². The van der Waals surface area contributed by atoms with Crippen LogP contribution < -0.4 is 5.73 Å². The molecule has 122 valence electrons. The van der Waals surface area contributed by atoms with E-state index in [1.54, 1.807) is 0 Å². The molecule has 2 rings (SSSR count). The first-order valence-electron chi connectivity index (χ1n) is 7.68. The van der Waals surface area contributed by atoms with Gasteiger partial charge in [0.15, 0.2) is 0 Å². The Bertz CT molecular complexity index is 451. The molecule has 8 heteroatoms. The Kier molecular flexibility index (Phi) is 5.56. The molecule has 0 atom stereocenters. The van der Waals surface area contributed by atoms with Gasteiger partial charge < -0.3 is 5.73 Å². The quantitative estimate of drug-likeness (QED) is 0.466. The highest BCUT2D eigenvalue weighted by Gasteiger charge is 2.37. The van der Waals surface area contributed by atoms with Gasteiger partial charge in [-0.1, -0.05) is 0 Å². The van der Waals surface area contributed by atoms with Crippen LogP contribution in [0.15, 0.2) is 0 Å². The Morgan fingerprint density at radius 3 is 2.10 bits per heavy atom. The lowest BCUT2D eigenvalue weighted by Gasteiger charge is -2.30. The summed E-state index contributed by atoms with van der Waals surface area (Å²) in [6, 6.07) is -0.601.